The molecule has 30 heavy (non-hydrogen) atoms. The summed E-state index contributed by atoms with van der Waals surface area (Å²) in [6, 6.07) is 6.68. The normalized spacial score (nSPS) is 25.1. The summed E-state index contributed by atoms with van der Waals surface area (Å²) in [6.07, 6.45) is 7.91. The molecule has 0 radical (unpaired) electrons. The lowest BCUT2D eigenvalue weighted by Gasteiger charge is -2.11. The van der Waals surface area contributed by atoms with Gasteiger partial charge in [-0.3, -0.25) is 19.6 Å². The molecule has 0 amide bonds. The number of aromatic nitrogens is 2. The maximum absolute atomic E-state index is 11.1. The van der Waals surface area contributed by atoms with Gasteiger partial charge in [-0.15, -0.1) is 0 Å². The van der Waals surface area contributed by atoms with Crippen LogP contribution in [-0.4, -0.2) is 64.2 Å². The standard InChI is InChI=1S/C11H14N2O2.C10H12N2O3/c1-8(14)11-5-10(7-13-11)15-9-3-2-4-12-6-9;13-10(14)9-5-8(6-12-9)15-7-1-3-11-4-2-7/h2-4,6,10-11,13H,5,7H2,1H3;1-4,8-9,12H,5-6H2,(H,13,14)/t10-,11-;8-,9-/m00/s1. The lowest BCUT2D eigenvalue weighted by atomic mass is 10.1. The average Bonchev–Trinajstić information content (AvgIpc) is 3.40. The fraction of sp³-hybridized carbons (Fsp3) is 0.429. The smallest absolute Gasteiger partial charge is 0.320 e. The lowest BCUT2D eigenvalue weighted by molar-refractivity contribution is -0.139. The molecule has 4 rings (SSSR count). The quantitative estimate of drug-likeness (QED) is 0.636. The fourth-order valence-corrected chi connectivity index (χ4v) is 3.30. The molecule has 4 heterocycles. The summed E-state index contributed by atoms with van der Waals surface area (Å²) in [4.78, 5) is 29.6. The van der Waals surface area contributed by atoms with Crippen molar-refractivity contribution < 1.29 is 24.2 Å². The molecule has 0 unspecified atom stereocenters. The molecule has 2 aliphatic rings. The number of ether oxygens (including phenoxy) is 2. The number of Topliss-reactive ketones (excluding diaryl/α,β-unsaturated/α-hetero) is 1. The van der Waals surface area contributed by atoms with Crippen molar-refractivity contribution in [3.63, 3.8) is 0 Å². The van der Waals surface area contributed by atoms with Crippen LogP contribution in [0.1, 0.15) is 19.8 Å². The van der Waals surface area contributed by atoms with Crippen molar-refractivity contribution in [2.75, 3.05) is 13.1 Å². The second-order valence-corrected chi connectivity index (χ2v) is 7.19. The zero-order chi connectivity index (χ0) is 21.3. The number of aliphatic carboxylic acids is 1. The molecular formula is C21H26N4O5. The Bertz CT molecular complexity index is 751. The first-order valence-electron chi connectivity index (χ1n) is 9.84. The number of hydrogen-bond acceptors (Lipinski definition) is 8. The van der Waals surface area contributed by atoms with E-state index in [9.17, 15) is 9.59 Å². The van der Waals surface area contributed by atoms with Crippen LogP contribution < -0.4 is 20.1 Å². The highest BCUT2D eigenvalue weighted by atomic mass is 16.5. The van der Waals surface area contributed by atoms with Gasteiger partial charge in [0.1, 0.15) is 35.5 Å². The number of carboxylic acid groups (broad SMARTS) is 1. The molecule has 4 atom stereocenters. The first-order valence-corrected chi connectivity index (χ1v) is 9.84. The van der Waals surface area contributed by atoms with Crippen molar-refractivity contribution in [1.29, 1.82) is 0 Å². The van der Waals surface area contributed by atoms with Crippen LogP contribution in [0.25, 0.3) is 0 Å². The number of carboxylic acids is 1. The molecule has 9 heteroatoms. The Kier molecular flexibility index (Phi) is 7.69. The third-order valence-corrected chi connectivity index (χ3v) is 4.86. The maximum Gasteiger partial charge on any atom is 0.320 e. The van der Waals surface area contributed by atoms with Crippen molar-refractivity contribution in [2.24, 2.45) is 0 Å². The van der Waals surface area contributed by atoms with E-state index in [1.807, 2.05) is 12.1 Å². The van der Waals surface area contributed by atoms with Gasteiger partial charge >= 0.3 is 5.97 Å². The number of rotatable bonds is 6. The predicted molar refractivity (Wildman–Crippen MR) is 108 cm³/mol. The van der Waals surface area contributed by atoms with Gasteiger partial charge in [0.05, 0.1) is 12.2 Å². The van der Waals surface area contributed by atoms with Crippen molar-refractivity contribution >= 4 is 11.8 Å². The van der Waals surface area contributed by atoms with Gasteiger partial charge in [-0.25, -0.2) is 0 Å². The second-order valence-electron chi connectivity index (χ2n) is 7.19. The Morgan fingerprint density at radius 2 is 1.57 bits per heavy atom. The van der Waals surface area contributed by atoms with Crippen LogP contribution in [0.5, 0.6) is 11.5 Å². The molecule has 9 nitrogen and oxygen atoms in total. The number of pyridine rings is 2. The van der Waals surface area contributed by atoms with Crippen LogP contribution in [0.15, 0.2) is 49.1 Å². The van der Waals surface area contributed by atoms with Gasteiger partial charge in [0, 0.05) is 44.5 Å². The molecule has 0 bridgehead atoms. The van der Waals surface area contributed by atoms with E-state index in [0.717, 1.165) is 24.5 Å². The van der Waals surface area contributed by atoms with Crippen LogP contribution >= 0.6 is 0 Å². The van der Waals surface area contributed by atoms with Gasteiger partial charge in [0.25, 0.3) is 0 Å². The molecule has 160 valence electrons. The molecule has 2 aliphatic heterocycles. The second kappa shape index (κ2) is 10.7. The third-order valence-electron chi connectivity index (χ3n) is 4.86. The minimum Gasteiger partial charge on any atom is -0.489 e. The largest absolute Gasteiger partial charge is 0.489 e. The molecule has 0 spiro atoms. The van der Waals surface area contributed by atoms with E-state index in [-0.39, 0.29) is 24.0 Å². The van der Waals surface area contributed by atoms with Crippen LogP contribution in [0.4, 0.5) is 0 Å². The van der Waals surface area contributed by atoms with Crippen molar-refractivity contribution in [3.05, 3.63) is 49.1 Å². The zero-order valence-corrected chi connectivity index (χ0v) is 16.7. The molecular weight excluding hydrogens is 388 g/mol. The number of carbonyl (C=O) groups excluding carboxylic acids is 1. The topological polar surface area (TPSA) is 123 Å². The third kappa shape index (κ3) is 6.50. The number of ketones is 1. The van der Waals surface area contributed by atoms with E-state index < -0.39 is 12.0 Å². The van der Waals surface area contributed by atoms with Crippen molar-refractivity contribution in [1.82, 2.24) is 20.6 Å². The summed E-state index contributed by atoms with van der Waals surface area (Å²) >= 11 is 0. The summed E-state index contributed by atoms with van der Waals surface area (Å²) in [5.41, 5.74) is 0. The first kappa shape index (κ1) is 21.7. The van der Waals surface area contributed by atoms with E-state index in [4.69, 9.17) is 14.6 Å². The summed E-state index contributed by atoms with van der Waals surface area (Å²) < 4.78 is 11.3. The van der Waals surface area contributed by atoms with Crippen LogP contribution in [-0.2, 0) is 9.59 Å². The molecule has 0 aromatic carbocycles. The van der Waals surface area contributed by atoms with E-state index in [0.29, 0.717) is 13.0 Å². The number of hydrogen-bond donors (Lipinski definition) is 3. The highest BCUT2D eigenvalue weighted by Gasteiger charge is 2.30. The molecule has 0 saturated carbocycles. The Morgan fingerprint density at radius 1 is 0.933 bits per heavy atom. The van der Waals surface area contributed by atoms with Gasteiger partial charge in [0.2, 0.25) is 0 Å². The number of nitrogens with zero attached hydrogens (tertiary/aromatic N) is 2. The van der Waals surface area contributed by atoms with Gasteiger partial charge < -0.3 is 25.2 Å². The van der Waals surface area contributed by atoms with Gasteiger partial charge in [-0.2, -0.15) is 0 Å². The molecule has 0 aliphatic carbocycles. The SMILES string of the molecule is CC(=O)[C@@H]1C[C@H](Oc2cccnc2)CN1.O=C(O)[C@@H]1C[C@H](Oc2ccncc2)CN1. The molecule has 2 aromatic heterocycles. The Morgan fingerprint density at radius 3 is 2.10 bits per heavy atom. The van der Waals surface area contributed by atoms with E-state index in [2.05, 4.69) is 20.6 Å². The lowest BCUT2D eigenvalue weighted by Crippen LogP contribution is -2.30. The minimum atomic E-state index is -0.823. The summed E-state index contributed by atoms with van der Waals surface area (Å²) in [6.45, 7) is 2.89. The fourth-order valence-electron chi connectivity index (χ4n) is 3.30. The van der Waals surface area contributed by atoms with E-state index >= 15 is 0 Å². The van der Waals surface area contributed by atoms with Gasteiger partial charge in [-0.05, 0) is 31.2 Å². The van der Waals surface area contributed by atoms with Crippen LogP contribution in [0.2, 0.25) is 0 Å². The monoisotopic (exact) mass is 414 g/mol. The zero-order valence-electron chi connectivity index (χ0n) is 16.7. The Labute approximate surface area is 174 Å². The summed E-state index contributed by atoms with van der Waals surface area (Å²) in [5.74, 6) is 0.833. The minimum absolute atomic E-state index is 0.0494. The molecule has 3 N–H and O–H groups in total. The van der Waals surface area contributed by atoms with Gasteiger partial charge in [0.15, 0.2) is 0 Å². The molecule has 2 aromatic rings. The van der Waals surface area contributed by atoms with E-state index in [1.165, 1.54) is 0 Å². The Balaban J connectivity index is 0.000000171. The maximum atomic E-state index is 11.1. The summed E-state index contributed by atoms with van der Waals surface area (Å²) in [5, 5.41) is 14.8. The van der Waals surface area contributed by atoms with Crippen molar-refractivity contribution in [2.45, 2.75) is 44.1 Å². The first-order chi connectivity index (χ1) is 14.5. The summed E-state index contributed by atoms with van der Waals surface area (Å²) in [7, 11) is 0. The van der Waals surface area contributed by atoms with Crippen molar-refractivity contribution in [3.8, 4) is 11.5 Å². The highest BCUT2D eigenvalue weighted by Crippen LogP contribution is 2.17. The number of carbonyl (C=O) groups is 2. The van der Waals surface area contributed by atoms with Crippen LogP contribution in [0, 0.1) is 0 Å². The molecule has 2 fully saturated rings. The molecule has 2 saturated heterocycles. The number of nitrogens with one attached hydrogen (secondary N) is 2. The van der Waals surface area contributed by atoms with Crippen LogP contribution in [0.3, 0.4) is 0 Å². The average molecular weight is 414 g/mol. The predicted octanol–water partition coefficient (Wildman–Crippen LogP) is 1.06. The van der Waals surface area contributed by atoms with Gasteiger partial charge in [-0.1, -0.05) is 0 Å². The van der Waals surface area contributed by atoms with E-state index in [1.54, 1.807) is 43.8 Å². The Hall–Kier alpha value is -3.04. The highest BCUT2D eigenvalue weighted by molar-refractivity contribution is 5.81.